The normalized spacial score (nSPS) is 12.6. The van der Waals surface area contributed by atoms with Crippen LogP contribution in [0.3, 0.4) is 0 Å². The number of aromatic hydroxyl groups is 1. The zero-order chi connectivity index (χ0) is 20.1. The predicted octanol–water partition coefficient (Wildman–Crippen LogP) is 5.33. The van der Waals surface area contributed by atoms with Crippen molar-refractivity contribution < 1.29 is 14.6 Å². The third kappa shape index (κ3) is 4.32. The zero-order valence-corrected chi connectivity index (χ0v) is 16.0. The van der Waals surface area contributed by atoms with Crippen LogP contribution in [-0.2, 0) is 4.74 Å². The van der Waals surface area contributed by atoms with E-state index in [0.29, 0.717) is 19.6 Å². The zero-order valence-electron chi connectivity index (χ0n) is 16.0. The number of phenolic OH excluding ortho intramolecular Hbond substituents is 1. The number of hydrogen-bond donors (Lipinski definition) is 2. The van der Waals surface area contributed by atoms with E-state index in [0.717, 1.165) is 5.56 Å². The van der Waals surface area contributed by atoms with Crippen LogP contribution in [0.1, 0.15) is 29.0 Å². The predicted molar refractivity (Wildman–Crippen MR) is 115 cm³/mol. The van der Waals surface area contributed by atoms with Crippen molar-refractivity contribution in [3.8, 4) is 16.9 Å². The second-order valence-electron chi connectivity index (χ2n) is 7.04. The molecule has 0 aliphatic heterocycles. The van der Waals surface area contributed by atoms with E-state index in [9.17, 15) is 9.90 Å². The van der Waals surface area contributed by atoms with Crippen molar-refractivity contribution in [2.24, 2.45) is 0 Å². The van der Waals surface area contributed by atoms with Crippen LogP contribution in [0.15, 0.2) is 78.9 Å². The average Bonchev–Trinajstić information content (AvgIpc) is 3.06. The number of carbonyl (C=O) groups is 1. The molecule has 1 aliphatic carbocycles. The summed E-state index contributed by atoms with van der Waals surface area (Å²) in [5.74, 6) is 0.308. The molecule has 146 valence electrons. The van der Waals surface area contributed by atoms with Gasteiger partial charge in [0.15, 0.2) is 0 Å². The molecular formula is C25H23NO3. The molecular weight excluding hydrogens is 362 g/mol. The average molecular weight is 385 g/mol. The number of benzene rings is 3. The Kier molecular flexibility index (Phi) is 5.61. The fraction of sp³-hybridized carbons (Fsp3) is 0.160. The minimum absolute atomic E-state index is 0.0683. The van der Waals surface area contributed by atoms with Gasteiger partial charge < -0.3 is 15.2 Å². The smallest absolute Gasteiger partial charge is 0.407 e. The van der Waals surface area contributed by atoms with Gasteiger partial charge in [-0.2, -0.15) is 0 Å². The Hall–Kier alpha value is -3.53. The van der Waals surface area contributed by atoms with Crippen molar-refractivity contribution in [2.75, 3.05) is 13.2 Å². The number of nitrogens with one attached hydrogen (secondary N) is 1. The van der Waals surface area contributed by atoms with Crippen molar-refractivity contribution in [1.82, 2.24) is 5.32 Å². The lowest BCUT2D eigenvalue weighted by molar-refractivity contribution is 0.143. The minimum atomic E-state index is -0.405. The van der Waals surface area contributed by atoms with Crippen molar-refractivity contribution in [3.63, 3.8) is 0 Å². The molecule has 4 rings (SSSR count). The van der Waals surface area contributed by atoms with E-state index in [-0.39, 0.29) is 11.7 Å². The molecule has 0 saturated heterocycles. The minimum Gasteiger partial charge on any atom is -0.508 e. The van der Waals surface area contributed by atoms with Crippen LogP contribution in [0.2, 0.25) is 0 Å². The van der Waals surface area contributed by atoms with E-state index < -0.39 is 6.09 Å². The van der Waals surface area contributed by atoms with Gasteiger partial charge in [-0.3, -0.25) is 0 Å². The molecule has 0 aromatic heterocycles. The summed E-state index contributed by atoms with van der Waals surface area (Å²) >= 11 is 0. The van der Waals surface area contributed by atoms with Crippen LogP contribution in [0.4, 0.5) is 4.79 Å². The molecule has 0 spiro atoms. The third-order valence-corrected chi connectivity index (χ3v) is 5.10. The first kappa shape index (κ1) is 18.8. The van der Waals surface area contributed by atoms with Crippen LogP contribution in [0, 0.1) is 0 Å². The molecule has 0 saturated carbocycles. The molecule has 0 unspecified atom stereocenters. The lowest BCUT2D eigenvalue weighted by atomic mass is 9.98. The maximum Gasteiger partial charge on any atom is 0.407 e. The van der Waals surface area contributed by atoms with Crippen molar-refractivity contribution in [2.45, 2.75) is 12.3 Å². The van der Waals surface area contributed by atoms with Gasteiger partial charge in [0.2, 0.25) is 0 Å². The van der Waals surface area contributed by atoms with Crippen molar-refractivity contribution in [1.29, 1.82) is 0 Å². The first-order chi connectivity index (χ1) is 14.2. The molecule has 4 heteroatoms. The summed E-state index contributed by atoms with van der Waals surface area (Å²) in [6, 6.07) is 23.6. The summed E-state index contributed by atoms with van der Waals surface area (Å²) in [4.78, 5) is 12.1. The van der Waals surface area contributed by atoms with E-state index >= 15 is 0 Å². The monoisotopic (exact) mass is 385 g/mol. The first-order valence-corrected chi connectivity index (χ1v) is 9.77. The lowest BCUT2D eigenvalue weighted by Crippen LogP contribution is -2.26. The molecule has 0 atom stereocenters. The van der Waals surface area contributed by atoms with E-state index in [1.807, 2.05) is 42.5 Å². The van der Waals surface area contributed by atoms with Crippen LogP contribution >= 0.6 is 0 Å². The third-order valence-electron chi connectivity index (χ3n) is 5.10. The van der Waals surface area contributed by atoms with Gasteiger partial charge in [0.1, 0.15) is 12.4 Å². The summed E-state index contributed by atoms with van der Waals surface area (Å²) in [6.07, 6.45) is 4.15. The van der Waals surface area contributed by atoms with Crippen molar-refractivity contribution >= 4 is 12.2 Å². The summed E-state index contributed by atoms with van der Waals surface area (Å²) in [6.45, 7) is 0.810. The maximum atomic E-state index is 12.1. The van der Waals surface area contributed by atoms with Gasteiger partial charge in [-0.15, -0.1) is 0 Å². The molecule has 0 fully saturated rings. The number of rotatable bonds is 6. The van der Waals surface area contributed by atoms with Gasteiger partial charge in [0.25, 0.3) is 0 Å². The number of fused-ring (bicyclic) bond motifs is 3. The molecule has 1 aliphatic rings. The van der Waals surface area contributed by atoms with Crippen LogP contribution < -0.4 is 5.32 Å². The first-order valence-electron chi connectivity index (χ1n) is 9.77. The van der Waals surface area contributed by atoms with Gasteiger partial charge in [0.05, 0.1) is 0 Å². The van der Waals surface area contributed by atoms with Crippen LogP contribution in [-0.4, -0.2) is 24.4 Å². The van der Waals surface area contributed by atoms with Gasteiger partial charge >= 0.3 is 6.09 Å². The second-order valence-corrected chi connectivity index (χ2v) is 7.04. The van der Waals surface area contributed by atoms with E-state index in [1.165, 1.54) is 22.3 Å². The number of phenols is 1. The highest BCUT2D eigenvalue weighted by Gasteiger charge is 2.28. The van der Waals surface area contributed by atoms with Crippen LogP contribution in [0.5, 0.6) is 5.75 Å². The highest BCUT2D eigenvalue weighted by molar-refractivity contribution is 5.79. The van der Waals surface area contributed by atoms with Crippen LogP contribution in [0.25, 0.3) is 17.2 Å². The number of hydrogen-bond acceptors (Lipinski definition) is 3. The Morgan fingerprint density at radius 1 is 0.966 bits per heavy atom. The standard InChI is InChI=1S/C25H23NO3/c27-19-10-7-9-18(16-19)8-5-6-15-26-25(28)29-17-24-22-13-3-1-11-20(22)21-12-2-4-14-23(21)24/h1-5,7-14,16,24,27H,6,15,17H2,(H,26,28). The fourth-order valence-electron chi connectivity index (χ4n) is 3.75. The molecule has 4 nitrogen and oxygen atoms in total. The van der Waals surface area contributed by atoms with Crippen molar-refractivity contribution in [3.05, 3.63) is 95.6 Å². The van der Waals surface area contributed by atoms with Gasteiger partial charge in [-0.05, 0) is 46.4 Å². The Labute approximate surface area is 170 Å². The molecule has 0 bridgehead atoms. The Morgan fingerprint density at radius 2 is 1.66 bits per heavy atom. The molecule has 1 amide bonds. The largest absolute Gasteiger partial charge is 0.508 e. The van der Waals surface area contributed by atoms with Gasteiger partial charge in [-0.25, -0.2) is 4.79 Å². The van der Waals surface area contributed by atoms with E-state index in [1.54, 1.807) is 18.2 Å². The molecule has 3 aromatic carbocycles. The molecule has 3 aromatic rings. The van der Waals surface area contributed by atoms with E-state index in [2.05, 4.69) is 29.6 Å². The molecule has 0 heterocycles. The number of alkyl carbamates (subject to hydrolysis) is 1. The summed E-state index contributed by atoms with van der Waals surface area (Å²) in [5.41, 5.74) is 5.76. The molecule has 29 heavy (non-hydrogen) atoms. The highest BCUT2D eigenvalue weighted by Crippen LogP contribution is 2.44. The Balaban J connectivity index is 1.28. The number of carbonyl (C=O) groups excluding carboxylic acids is 1. The fourth-order valence-corrected chi connectivity index (χ4v) is 3.75. The Morgan fingerprint density at radius 3 is 2.34 bits per heavy atom. The summed E-state index contributed by atoms with van der Waals surface area (Å²) in [7, 11) is 0. The summed E-state index contributed by atoms with van der Waals surface area (Å²) < 4.78 is 5.51. The van der Waals surface area contributed by atoms with E-state index in [4.69, 9.17) is 4.74 Å². The van der Waals surface area contributed by atoms with Gasteiger partial charge in [0, 0.05) is 12.5 Å². The lowest BCUT2D eigenvalue weighted by Gasteiger charge is -2.14. The summed E-state index contributed by atoms with van der Waals surface area (Å²) in [5, 5.41) is 12.2. The van der Waals surface area contributed by atoms with Gasteiger partial charge in [-0.1, -0.05) is 72.8 Å². The Bertz CT molecular complexity index is 996. The topological polar surface area (TPSA) is 58.6 Å². The molecule has 0 radical (unpaired) electrons. The molecule has 2 N–H and O–H groups in total. The quantitative estimate of drug-likeness (QED) is 0.564. The highest BCUT2D eigenvalue weighted by atomic mass is 16.5. The number of amides is 1. The number of ether oxygens (including phenoxy) is 1. The maximum absolute atomic E-state index is 12.1. The second kappa shape index (κ2) is 8.65. The SMILES string of the molecule is O=C(NCCC=Cc1cccc(O)c1)OCC1c2ccccc2-c2ccccc21.